The van der Waals surface area contributed by atoms with Crippen LogP contribution in [0.3, 0.4) is 0 Å². The van der Waals surface area contributed by atoms with Gasteiger partial charge in [-0.25, -0.2) is 4.39 Å². The Kier molecular flexibility index (Phi) is 9.88. The number of aliphatic hydroxyl groups excluding tert-OH is 1. The number of carbonyl (C=O) groups excluding carboxylic acids is 1. The topological polar surface area (TPSA) is 82.1 Å². The summed E-state index contributed by atoms with van der Waals surface area (Å²) in [6.45, 7) is 3.28. The second-order valence-corrected chi connectivity index (χ2v) is 7.17. The quantitative estimate of drug-likeness (QED) is 0.187. The largest absolute Gasteiger partial charge is 0.509 e. The van der Waals surface area contributed by atoms with Crippen molar-refractivity contribution in [3.63, 3.8) is 0 Å². The van der Waals surface area contributed by atoms with Crippen molar-refractivity contribution < 1.29 is 32.6 Å². The number of hydrogen-bond acceptors (Lipinski definition) is 6. The van der Waals surface area contributed by atoms with Crippen LogP contribution in [0.15, 0.2) is 48.3 Å². The summed E-state index contributed by atoms with van der Waals surface area (Å²) in [5.41, 5.74) is 0.308. The first-order valence-corrected chi connectivity index (χ1v) is 9.92. The number of rotatable bonds is 12. The fourth-order valence-electron chi connectivity index (χ4n) is 1.94. The molecule has 0 radical (unpaired) electrons. The molecule has 0 spiro atoms. The van der Waals surface area contributed by atoms with E-state index in [1.54, 1.807) is 38.1 Å². The third-order valence-corrected chi connectivity index (χ3v) is 5.03. The molecule has 1 N–H and O–H groups in total. The molecule has 0 fully saturated rings. The van der Waals surface area contributed by atoms with Gasteiger partial charge in [0.1, 0.15) is 24.8 Å². The van der Waals surface area contributed by atoms with Crippen LogP contribution in [-0.4, -0.2) is 43.5 Å². The van der Waals surface area contributed by atoms with Crippen molar-refractivity contribution in [2.24, 2.45) is 0 Å². The van der Waals surface area contributed by atoms with Gasteiger partial charge in [0.05, 0.1) is 19.4 Å². The van der Waals surface area contributed by atoms with Crippen LogP contribution in [0.25, 0.3) is 0 Å². The van der Waals surface area contributed by atoms with Crippen LogP contribution in [0.4, 0.5) is 4.39 Å². The van der Waals surface area contributed by atoms with Crippen molar-refractivity contribution in [3.8, 4) is 5.75 Å². The molecule has 0 atom stereocenters. The summed E-state index contributed by atoms with van der Waals surface area (Å²) in [5.74, 6) is -0.575. The molecule has 0 aliphatic heterocycles. The van der Waals surface area contributed by atoms with Crippen molar-refractivity contribution in [2.75, 3.05) is 32.7 Å². The Morgan fingerprint density at radius 2 is 1.77 bits per heavy atom. The van der Waals surface area contributed by atoms with E-state index in [1.165, 1.54) is 12.1 Å². The third kappa shape index (κ3) is 7.95. The highest BCUT2D eigenvalue weighted by Gasteiger charge is 2.20. The smallest absolute Gasteiger partial charge is 0.334 e. The summed E-state index contributed by atoms with van der Waals surface area (Å²) in [4.78, 5) is 11.7. The van der Waals surface area contributed by atoms with E-state index >= 15 is 0 Å². The minimum Gasteiger partial charge on any atom is -0.509 e. The Balaban J connectivity index is 2.51. The van der Waals surface area contributed by atoms with E-state index in [1.807, 2.05) is 0 Å². The standard InChI is InChI=1S/C18H24FO6P/c1-3-24-26(22,25-4-2)12-6-5-11-23-17-9-7-15(8-10-17)18(21)13-16(20)14-19/h5-10,13,20H,3-4,11-12,14H2,1-2H3/b6-5+,16-13-. The molecular weight excluding hydrogens is 362 g/mol. The highest BCUT2D eigenvalue weighted by atomic mass is 31.2. The number of halogens is 1. The summed E-state index contributed by atoms with van der Waals surface area (Å²) < 4.78 is 40.2. The van der Waals surface area contributed by atoms with Crippen LogP contribution in [-0.2, 0) is 13.6 Å². The average Bonchev–Trinajstić information content (AvgIpc) is 2.62. The summed E-state index contributed by atoms with van der Waals surface area (Å²) >= 11 is 0. The Morgan fingerprint density at radius 1 is 1.15 bits per heavy atom. The lowest BCUT2D eigenvalue weighted by Crippen LogP contribution is -2.00. The molecule has 0 aromatic heterocycles. The van der Waals surface area contributed by atoms with Crippen LogP contribution >= 0.6 is 7.60 Å². The van der Waals surface area contributed by atoms with Crippen LogP contribution in [0, 0.1) is 0 Å². The fourth-order valence-corrected chi connectivity index (χ4v) is 3.42. The van der Waals surface area contributed by atoms with E-state index in [-0.39, 0.29) is 12.8 Å². The number of carbonyl (C=O) groups is 1. The molecular formula is C18H24FO6P. The number of alkyl halides is 1. The van der Waals surface area contributed by atoms with E-state index in [0.717, 1.165) is 6.08 Å². The van der Waals surface area contributed by atoms with Gasteiger partial charge in [0, 0.05) is 11.6 Å². The predicted molar refractivity (Wildman–Crippen MR) is 97.8 cm³/mol. The van der Waals surface area contributed by atoms with Crippen LogP contribution < -0.4 is 4.74 Å². The van der Waals surface area contributed by atoms with Crippen molar-refractivity contribution in [1.29, 1.82) is 0 Å². The third-order valence-electron chi connectivity index (χ3n) is 3.07. The molecule has 0 unspecified atom stereocenters. The number of benzene rings is 1. The average molecular weight is 386 g/mol. The number of hydrogen-bond donors (Lipinski definition) is 1. The first-order chi connectivity index (χ1) is 12.4. The number of aliphatic hydroxyl groups is 1. The van der Waals surface area contributed by atoms with Crippen molar-refractivity contribution >= 4 is 13.4 Å². The molecule has 26 heavy (non-hydrogen) atoms. The minimum absolute atomic E-state index is 0.163. The molecule has 8 heteroatoms. The molecule has 0 heterocycles. The second-order valence-electron chi connectivity index (χ2n) is 5.07. The molecule has 0 aliphatic rings. The molecule has 6 nitrogen and oxygen atoms in total. The maximum absolute atomic E-state index is 12.2. The summed E-state index contributed by atoms with van der Waals surface area (Å²) in [6.07, 6.45) is 4.38. The maximum Gasteiger partial charge on any atom is 0.334 e. The van der Waals surface area contributed by atoms with Gasteiger partial charge in [-0.15, -0.1) is 0 Å². The lowest BCUT2D eigenvalue weighted by atomic mass is 10.1. The molecule has 0 bridgehead atoms. The molecule has 0 saturated heterocycles. The Hall–Kier alpha value is -1.95. The van der Waals surface area contributed by atoms with E-state index in [2.05, 4.69) is 0 Å². The molecule has 1 rings (SSSR count). The van der Waals surface area contributed by atoms with E-state index in [9.17, 15) is 13.8 Å². The lowest BCUT2D eigenvalue weighted by Gasteiger charge is -2.14. The van der Waals surface area contributed by atoms with E-state index in [0.29, 0.717) is 24.5 Å². The van der Waals surface area contributed by atoms with E-state index < -0.39 is 25.8 Å². The number of ether oxygens (including phenoxy) is 1. The first kappa shape index (κ1) is 22.1. The van der Waals surface area contributed by atoms with Gasteiger partial charge in [-0.3, -0.25) is 9.36 Å². The van der Waals surface area contributed by atoms with Gasteiger partial charge in [-0.2, -0.15) is 0 Å². The molecule has 1 aromatic rings. The van der Waals surface area contributed by atoms with Crippen LogP contribution in [0.2, 0.25) is 0 Å². The zero-order valence-corrected chi connectivity index (χ0v) is 15.8. The second kappa shape index (κ2) is 11.6. The van der Waals surface area contributed by atoms with Gasteiger partial charge in [0.2, 0.25) is 0 Å². The number of allylic oxidation sites excluding steroid dienone is 3. The highest BCUT2D eigenvalue weighted by molar-refractivity contribution is 7.54. The zero-order valence-electron chi connectivity index (χ0n) is 14.9. The lowest BCUT2D eigenvalue weighted by molar-refractivity contribution is 0.104. The van der Waals surface area contributed by atoms with Crippen LogP contribution in [0.5, 0.6) is 5.75 Å². The fraction of sp³-hybridized carbons (Fsp3) is 0.389. The molecule has 0 aliphatic carbocycles. The Bertz CT molecular complexity index is 659. The van der Waals surface area contributed by atoms with Gasteiger partial charge in [0.25, 0.3) is 0 Å². The monoisotopic (exact) mass is 386 g/mol. The van der Waals surface area contributed by atoms with Gasteiger partial charge in [0.15, 0.2) is 5.78 Å². The highest BCUT2D eigenvalue weighted by Crippen LogP contribution is 2.47. The van der Waals surface area contributed by atoms with E-state index in [4.69, 9.17) is 18.9 Å². The van der Waals surface area contributed by atoms with Crippen molar-refractivity contribution in [1.82, 2.24) is 0 Å². The first-order valence-electron chi connectivity index (χ1n) is 8.20. The number of ketones is 1. The summed E-state index contributed by atoms with van der Waals surface area (Å²) in [5, 5.41) is 9.03. The van der Waals surface area contributed by atoms with Gasteiger partial charge in [-0.1, -0.05) is 12.2 Å². The summed E-state index contributed by atoms with van der Waals surface area (Å²) in [6, 6.07) is 6.21. The Labute approximate surface area is 152 Å². The van der Waals surface area contributed by atoms with Crippen LogP contribution in [0.1, 0.15) is 24.2 Å². The molecule has 144 valence electrons. The molecule has 0 saturated carbocycles. The summed E-state index contributed by atoms with van der Waals surface area (Å²) in [7, 11) is -3.10. The van der Waals surface area contributed by atoms with Crippen molar-refractivity contribution in [3.05, 3.63) is 53.8 Å². The predicted octanol–water partition coefficient (Wildman–Crippen LogP) is 4.48. The molecule has 0 amide bonds. The van der Waals surface area contributed by atoms with Gasteiger partial charge >= 0.3 is 7.60 Å². The normalized spacial score (nSPS) is 12.5. The zero-order chi connectivity index (χ0) is 19.4. The van der Waals surface area contributed by atoms with Gasteiger partial charge < -0.3 is 18.9 Å². The Morgan fingerprint density at radius 3 is 2.31 bits per heavy atom. The van der Waals surface area contributed by atoms with Gasteiger partial charge in [-0.05, 0) is 38.1 Å². The SMILES string of the molecule is CCOP(=O)(C/C=C/COc1ccc(C(=O)/C=C(\O)CF)cc1)OCC. The molecule has 1 aromatic carbocycles. The minimum atomic E-state index is -3.10. The van der Waals surface area contributed by atoms with Crippen molar-refractivity contribution in [2.45, 2.75) is 13.8 Å². The maximum atomic E-state index is 12.2.